The minimum atomic E-state index is 0.113. The molecule has 70 valence electrons. The Kier molecular flexibility index (Phi) is 1.74. The number of nitrogen functional groups attached to an aromatic ring is 2. The predicted molar refractivity (Wildman–Crippen MR) is 53.8 cm³/mol. The van der Waals surface area contributed by atoms with Crippen LogP contribution in [-0.4, -0.2) is 9.97 Å². The van der Waals surface area contributed by atoms with Crippen LogP contribution >= 0.6 is 0 Å². The fourth-order valence-corrected chi connectivity index (χ4v) is 1.22. The third kappa shape index (κ3) is 1.22. The van der Waals surface area contributed by atoms with Gasteiger partial charge < -0.3 is 11.5 Å². The van der Waals surface area contributed by atoms with E-state index in [-0.39, 0.29) is 17.5 Å². The summed E-state index contributed by atoms with van der Waals surface area (Å²) in [6, 6.07) is 4.69. The van der Waals surface area contributed by atoms with Gasteiger partial charge in [0.25, 0.3) is 0 Å². The molecular formula is C8H7N5O. The van der Waals surface area contributed by atoms with Gasteiger partial charge >= 0.3 is 0 Å². The second-order valence-corrected chi connectivity index (χ2v) is 2.76. The number of nitrogens with two attached hydrogens (primary N) is 2. The number of hydrogen-bond acceptors (Lipinski definition) is 6. The van der Waals surface area contributed by atoms with Crippen molar-refractivity contribution in [2.24, 2.45) is 5.18 Å². The van der Waals surface area contributed by atoms with Gasteiger partial charge in [-0.05, 0) is 23.4 Å². The van der Waals surface area contributed by atoms with Crippen molar-refractivity contribution >= 4 is 28.4 Å². The lowest BCUT2D eigenvalue weighted by atomic mass is 10.2. The van der Waals surface area contributed by atoms with Crippen LogP contribution in [0.4, 0.5) is 17.5 Å². The van der Waals surface area contributed by atoms with Crippen molar-refractivity contribution in [3.63, 3.8) is 0 Å². The van der Waals surface area contributed by atoms with Gasteiger partial charge in [0.05, 0.1) is 5.52 Å². The highest BCUT2D eigenvalue weighted by atomic mass is 16.3. The van der Waals surface area contributed by atoms with Crippen molar-refractivity contribution < 1.29 is 0 Å². The molecule has 0 fully saturated rings. The average Bonchev–Trinajstić information content (AvgIpc) is 2.17. The largest absolute Gasteiger partial charge is 0.383 e. The van der Waals surface area contributed by atoms with E-state index in [1.165, 1.54) is 6.07 Å². The summed E-state index contributed by atoms with van der Waals surface area (Å²) in [5.41, 5.74) is 11.9. The summed E-state index contributed by atoms with van der Waals surface area (Å²) in [5.74, 6) is 0.361. The number of nitrogens with zero attached hydrogens (tertiary/aromatic N) is 3. The average molecular weight is 189 g/mol. The van der Waals surface area contributed by atoms with Crippen LogP contribution in [0.25, 0.3) is 10.9 Å². The van der Waals surface area contributed by atoms with Gasteiger partial charge in [0, 0.05) is 5.39 Å². The zero-order chi connectivity index (χ0) is 10.1. The van der Waals surface area contributed by atoms with E-state index in [1.54, 1.807) is 12.1 Å². The first kappa shape index (κ1) is 8.36. The lowest BCUT2D eigenvalue weighted by Crippen LogP contribution is -2.00. The Hall–Kier alpha value is -2.24. The zero-order valence-electron chi connectivity index (χ0n) is 7.14. The monoisotopic (exact) mass is 189 g/mol. The van der Waals surface area contributed by atoms with Gasteiger partial charge in [-0.3, -0.25) is 0 Å². The lowest BCUT2D eigenvalue weighted by molar-refractivity contribution is 1.24. The van der Waals surface area contributed by atoms with E-state index in [2.05, 4.69) is 15.1 Å². The third-order valence-electron chi connectivity index (χ3n) is 1.83. The quantitative estimate of drug-likeness (QED) is 0.655. The molecule has 0 amide bonds. The summed E-state index contributed by atoms with van der Waals surface area (Å²) in [5, 5.41) is 3.37. The first-order valence-electron chi connectivity index (χ1n) is 3.87. The standard InChI is InChI=1S/C8H7N5O/c9-7-5-3-4(13-14)1-2-6(5)11-8(10)12-7/h1-3H,(H4,9,10,11,12). The molecule has 4 N–H and O–H groups in total. The van der Waals surface area contributed by atoms with Gasteiger partial charge in [0.15, 0.2) is 0 Å². The summed E-state index contributed by atoms with van der Waals surface area (Å²) in [4.78, 5) is 18.0. The van der Waals surface area contributed by atoms with Crippen molar-refractivity contribution in [3.8, 4) is 0 Å². The Bertz CT molecular complexity index is 510. The first-order valence-corrected chi connectivity index (χ1v) is 3.87. The van der Waals surface area contributed by atoms with Crippen molar-refractivity contribution in [2.45, 2.75) is 0 Å². The van der Waals surface area contributed by atoms with E-state index < -0.39 is 0 Å². The molecule has 1 aromatic heterocycles. The highest BCUT2D eigenvalue weighted by molar-refractivity contribution is 5.90. The summed E-state index contributed by atoms with van der Waals surface area (Å²) in [7, 11) is 0. The van der Waals surface area contributed by atoms with Gasteiger partial charge in [-0.25, -0.2) is 4.98 Å². The summed E-state index contributed by atoms with van der Waals surface area (Å²) >= 11 is 0. The first-order chi connectivity index (χ1) is 6.70. The molecule has 1 heterocycles. The molecule has 2 aromatic rings. The number of benzene rings is 1. The molecule has 14 heavy (non-hydrogen) atoms. The maximum atomic E-state index is 10.3. The third-order valence-corrected chi connectivity index (χ3v) is 1.83. The van der Waals surface area contributed by atoms with E-state index in [1.807, 2.05) is 0 Å². The van der Waals surface area contributed by atoms with Crippen LogP contribution in [0.1, 0.15) is 0 Å². The molecule has 0 aliphatic rings. The number of fused-ring (bicyclic) bond motifs is 1. The molecular weight excluding hydrogens is 182 g/mol. The predicted octanol–water partition coefficient (Wildman–Crippen LogP) is 1.19. The minimum Gasteiger partial charge on any atom is -0.383 e. The Morgan fingerprint density at radius 2 is 2.00 bits per heavy atom. The number of anilines is 2. The highest BCUT2D eigenvalue weighted by Crippen LogP contribution is 2.23. The van der Waals surface area contributed by atoms with Gasteiger partial charge in [-0.15, -0.1) is 4.91 Å². The minimum absolute atomic E-state index is 0.113. The number of rotatable bonds is 1. The molecule has 0 saturated heterocycles. The zero-order valence-corrected chi connectivity index (χ0v) is 7.14. The number of aromatic nitrogens is 2. The normalized spacial score (nSPS) is 10.3. The molecule has 0 saturated carbocycles. The van der Waals surface area contributed by atoms with E-state index in [0.717, 1.165) is 0 Å². The van der Waals surface area contributed by atoms with E-state index in [4.69, 9.17) is 11.5 Å². The molecule has 6 heteroatoms. The van der Waals surface area contributed by atoms with Gasteiger partial charge in [0.2, 0.25) is 5.95 Å². The van der Waals surface area contributed by atoms with E-state index >= 15 is 0 Å². The highest BCUT2D eigenvalue weighted by Gasteiger charge is 2.03. The molecule has 0 spiro atoms. The maximum absolute atomic E-state index is 10.3. The molecule has 0 atom stereocenters. The molecule has 0 aliphatic carbocycles. The van der Waals surface area contributed by atoms with Crippen molar-refractivity contribution in [3.05, 3.63) is 23.1 Å². The van der Waals surface area contributed by atoms with Crippen molar-refractivity contribution in [2.75, 3.05) is 11.5 Å². The van der Waals surface area contributed by atoms with Crippen LogP contribution < -0.4 is 11.5 Å². The van der Waals surface area contributed by atoms with Gasteiger partial charge in [-0.2, -0.15) is 4.98 Å². The SMILES string of the molecule is Nc1nc(N)c2cc(N=O)ccc2n1. The second kappa shape index (κ2) is 2.91. The van der Waals surface area contributed by atoms with Crippen molar-refractivity contribution in [1.82, 2.24) is 9.97 Å². The summed E-state index contributed by atoms with van der Waals surface area (Å²) in [6.45, 7) is 0. The maximum Gasteiger partial charge on any atom is 0.222 e. The van der Waals surface area contributed by atoms with Gasteiger partial charge in [-0.1, -0.05) is 0 Å². The Balaban J connectivity index is 2.81. The van der Waals surface area contributed by atoms with Crippen LogP contribution in [0.5, 0.6) is 0 Å². The Morgan fingerprint density at radius 1 is 1.21 bits per heavy atom. The summed E-state index contributed by atoms with van der Waals surface area (Å²) < 4.78 is 0. The molecule has 1 aromatic carbocycles. The van der Waals surface area contributed by atoms with E-state index in [9.17, 15) is 4.91 Å². The van der Waals surface area contributed by atoms with Gasteiger partial charge in [0.1, 0.15) is 11.5 Å². The molecule has 0 bridgehead atoms. The molecule has 0 aliphatic heterocycles. The molecule has 0 radical (unpaired) electrons. The molecule has 0 unspecified atom stereocenters. The molecule has 6 nitrogen and oxygen atoms in total. The van der Waals surface area contributed by atoms with Crippen LogP contribution in [0.3, 0.4) is 0 Å². The Labute approximate surface area is 78.9 Å². The van der Waals surface area contributed by atoms with Crippen molar-refractivity contribution in [1.29, 1.82) is 0 Å². The lowest BCUT2D eigenvalue weighted by Gasteiger charge is -2.01. The fourth-order valence-electron chi connectivity index (χ4n) is 1.22. The number of nitroso groups, excluding NO2 is 1. The second-order valence-electron chi connectivity index (χ2n) is 2.76. The molecule has 2 rings (SSSR count). The van der Waals surface area contributed by atoms with E-state index in [0.29, 0.717) is 10.9 Å². The van der Waals surface area contributed by atoms with Crippen LogP contribution in [0.15, 0.2) is 23.4 Å². The number of hydrogen-bond donors (Lipinski definition) is 2. The Morgan fingerprint density at radius 3 is 2.71 bits per heavy atom. The smallest absolute Gasteiger partial charge is 0.222 e. The van der Waals surface area contributed by atoms with Crippen LogP contribution in [-0.2, 0) is 0 Å². The topological polar surface area (TPSA) is 107 Å². The fraction of sp³-hybridized carbons (Fsp3) is 0. The van der Waals surface area contributed by atoms with Crippen LogP contribution in [0, 0.1) is 4.91 Å². The van der Waals surface area contributed by atoms with Crippen LogP contribution in [0.2, 0.25) is 0 Å². The summed E-state index contributed by atoms with van der Waals surface area (Å²) in [6.07, 6.45) is 0.